The number of para-hydroxylation sites is 1. The molecule has 202 valence electrons. The first-order valence-corrected chi connectivity index (χ1v) is 13.2. The first-order chi connectivity index (χ1) is 19.1. The summed E-state index contributed by atoms with van der Waals surface area (Å²) in [5.74, 6) is 0.871. The molecule has 1 aliphatic rings. The largest absolute Gasteiger partial charge is 0.497 e. The van der Waals surface area contributed by atoms with Crippen LogP contribution in [-0.2, 0) is 22.7 Å². The quantitative estimate of drug-likeness (QED) is 0.331. The van der Waals surface area contributed by atoms with Gasteiger partial charge in [0.05, 0.1) is 19.7 Å². The molecule has 1 N–H and O–H groups in total. The molecule has 1 unspecified atom stereocenters. The number of rotatable bonds is 10. The monoisotopic (exact) mass is 527 g/mol. The van der Waals surface area contributed by atoms with Crippen molar-refractivity contribution in [2.75, 3.05) is 14.2 Å². The number of benzene rings is 3. The summed E-state index contributed by atoms with van der Waals surface area (Å²) in [4.78, 5) is 29.7. The fourth-order valence-electron chi connectivity index (χ4n) is 5.14. The van der Waals surface area contributed by atoms with Crippen molar-refractivity contribution in [3.8, 4) is 11.5 Å². The Balaban J connectivity index is 1.53. The molecule has 0 radical (unpaired) electrons. The second kappa shape index (κ2) is 12.0. The normalized spacial score (nSPS) is 14.2. The van der Waals surface area contributed by atoms with Crippen molar-refractivity contribution >= 4 is 22.8 Å². The summed E-state index contributed by atoms with van der Waals surface area (Å²) in [5, 5.41) is 11.6. The Bertz CT molecular complexity index is 1430. The first-order valence-electron chi connectivity index (χ1n) is 13.2. The molecular formula is C30H33N5O4. The standard InChI is InChI=1S/C30H33N5O4/c1-38-24-16-14-21(15-17-24)19-34(28(36)20-35-27-13-6-5-12-26(27)32-33-35)29(22-8-7-11-25(18-22)39-2)30(37)31-23-9-3-4-10-23/h5-8,11-18,23,29H,3-4,9-10,19-20H2,1-2H3,(H,31,37). The van der Waals surface area contributed by atoms with Crippen LogP contribution in [0.3, 0.4) is 0 Å². The zero-order valence-corrected chi connectivity index (χ0v) is 22.2. The van der Waals surface area contributed by atoms with Crippen molar-refractivity contribution in [1.29, 1.82) is 0 Å². The Morgan fingerprint density at radius 1 is 0.974 bits per heavy atom. The van der Waals surface area contributed by atoms with Gasteiger partial charge < -0.3 is 19.7 Å². The van der Waals surface area contributed by atoms with E-state index in [4.69, 9.17) is 9.47 Å². The maximum absolute atomic E-state index is 14.1. The molecular weight excluding hydrogens is 494 g/mol. The fraction of sp³-hybridized carbons (Fsp3) is 0.333. The number of amides is 2. The van der Waals surface area contributed by atoms with E-state index in [0.717, 1.165) is 36.8 Å². The highest BCUT2D eigenvalue weighted by atomic mass is 16.5. The SMILES string of the molecule is COc1ccc(CN(C(=O)Cn2nnc3ccccc32)C(C(=O)NC2CCCC2)c2cccc(OC)c2)cc1. The van der Waals surface area contributed by atoms with Gasteiger partial charge in [-0.15, -0.1) is 5.10 Å². The molecule has 4 aromatic rings. The Morgan fingerprint density at radius 2 is 1.72 bits per heavy atom. The number of methoxy groups -OCH3 is 2. The zero-order chi connectivity index (χ0) is 27.2. The van der Waals surface area contributed by atoms with E-state index in [-0.39, 0.29) is 30.9 Å². The van der Waals surface area contributed by atoms with E-state index in [9.17, 15) is 9.59 Å². The van der Waals surface area contributed by atoms with Gasteiger partial charge in [-0.3, -0.25) is 9.59 Å². The molecule has 1 saturated carbocycles. The number of hydrogen-bond acceptors (Lipinski definition) is 6. The van der Waals surface area contributed by atoms with Crippen LogP contribution >= 0.6 is 0 Å². The van der Waals surface area contributed by atoms with Crippen LogP contribution in [0.25, 0.3) is 11.0 Å². The minimum atomic E-state index is -0.870. The lowest BCUT2D eigenvalue weighted by molar-refractivity contribution is -0.142. The molecule has 9 nitrogen and oxygen atoms in total. The molecule has 1 fully saturated rings. The van der Waals surface area contributed by atoms with Crippen molar-refractivity contribution in [3.05, 3.63) is 83.9 Å². The molecule has 1 aromatic heterocycles. The van der Waals surface area contributed by atoms with Gasteiger partial charge in [0.1, 0.15) is 29.6 Å². The van der Waals surface area contributed by atoms with Gasteiger partial charge in [0, 0.05) is 12.6 Å². The van der Waals surface area contributed by atoms with E-state index in [0.29, 0.717) is 22.6 Å². The molecule has 0 aliphatic heterocycles. The van der Waals surface area contributed by atoms with Crippen molar-refractivity contribution in [2.45, 2.75) is 50.9 Å². The molecule has 0 spiro atoms. The van der Waals surface area contributed by atoms with Crippen LogP contribution in [0.1, 0.15) is 42.9 Å². The van der Waals surface area contributed by atoms with Gasteiger partial charge in [-0.25, -0.2) is 4.68 Å². The molecule has 1 aliphatic carbocycles. The molecule has 0 saturated heterocycles. The third-order valence-electron chi connectivity index (χ3n) is 7.21. The smallest absolute Gasteiger partial charge is 0.247 e. The number of nitrogens with one attached hydrogen (secondary N) is 1. The third-order valence-corrected chi connectivity index (χ3v) is 7.21. The van der Waals surface area contributed by atoms with Gasteiger partial charge in [-0.05, 0) is 60.4 Å². The van der Waals surface area contributed by atoms with Gasteiger partial charge >= 0.3 is 0 Å². The van der Waals surface area contributed by atoms with Crippen LogP contribution in [0.2, 0.25) is 0 Å². The number of nitrogens with zero attached hydrogens (tertiary/aromatic N) is 4. The Morgan fingerprint density at radius 3 is 2.46 bits per heavy atom. The summed E-state index contributed by atoms with van der Waals surface area (Å²) < 4.78 is 12.4. The lowest BCUT2D eigenvalue weighted by atomic mass is 10.0. The van der Waals surface area contributed by atoms with E-state index < -0.39 is 6.04 Å². The molecule has 39 heavy (non-hydrogen) atoms. The Kier molecular flexibility index (Phi) is 8.05. The van der Waals surface area contributed by atoms with E-state index >= 15 is 0 Å². The second-order valence-corrected chi connectivity index (χ2v) is 9.77. The van der Waals surface area contributed by atoms with Gasteiger partial charge in [0.15, 0.2) is 0 Å². The maximum Gasteiger partial charge on any atom is 0.247 e. The van der Waals surface area contributed by atoms with Crippen LogP contribution < -0.4 is 14.8 Å². The number of fused-ring (bicyclic) bond motifs is 1. The molecule has 9 heteroatoms. The van der Waals surface area contributed by atoms with Crippen LogP contribution in [0.15, 0.2) is 72.8 Å². The fourth-order valence-corrected chi connectivity index (χ4v) is 5.14. The number of aromatic nitrogens is 3. The minimum absolute atomic E-state index is 0.0617. The molecule has 1 heterocycles. The van der Waals surface area contributed by atoms with E-state index in [1.165, 1.54) is 0 Å². The molecule has 0 bridgehead atoms. The maximum atomic E-state index is 14.1. The van der Waals surface area contributed by atoms with Crippen LogP contribution in [0, 0.1) is 0 Å². The summed E-state index contributed by atoms with van der Waals surface area (Å²) in [6.07, 6.45) is 4.05. The predicted molar refractivity (Wildman–Crippen MR) is 147 cm³/mol. The van der Waals surface area contributed by atoms with Crippen LogP contribution in [-0.4, -0.2) is 52.0 Å². The van der Waals surface area contributed by atoms with E-state index in [1.807, 2.05) is 72.8 Å². The first kappa shape index (κ1) is 26.2. The van der Waals surface area contributed by atoms with Crippen molar-refractivity contribution in [1.82, 2.24) is 25.2 Å². The summed E-state index contributed by atoms with van der Waals surface area (Å²) in [6.45, 7) is 0.156. The Hall–Kier alpha value is -4.40. The van der Waals surface area contributed by atoms with Crippen LogP contribution in [0.5, 0.6) is 11.5 Å². The van der Waals surface area contributed by atoms with Gasteiger partial charge in [-0.1, -0.05) is 54.5 Å². The third kappa shape index (κ3) is 6.03. The lowest BCUT2D eigenvalue weighted by Crippen LogP contribution is -2.46. The average Bonchev–Trinajstić information content (AvgIpc) is 3.63. The van der Waals surface area contributed by atoms with Crippen molar-refractivity contribution < 1.29 is 19.1 Å². The minimum Gasteiger partial charge on any atom is -0.497 e. The summed E-state index contributed by atoms with van der Waals surface area (Å²) >= 11 is 0. The number of carbonyl (C=O) groups excluding carboxylic acids is 2. The van der Waals surface area contributed by atoms with Crippen LogP contribution in [0.4, 0.5) is 0 Å². The van der Waals surface area contributed by atoms with E-state index in [2.05, 4.69) is 15.6 Å². The Labute approximate surface area is 227 Å². The van der Waals surface area contributed by atoms with Crippen molar-refractivity contribution in [3.63, 3.8) is 0 Å². The highest BCUT2D eigenvalue weighted by Gasteiger charge is 2.34. The molecule has 5 rings (SSSR count). The number of hydrogen-bond donors (Lipinski definition) is 1. The topological polar surface area (TPSA) is 98.6 Å². The lowest BCUT2D eigenvalue weighted by Gasteiger charge is -2.32. The second-order valence-electron chi connectivity index (χ2n) is 9.77. The highest BCUT2D eigenvalue weighted by Crippen LogP contribution is 2.29. The molecule has 1 atom stereocenters. The summed E-state index contributed by atoms with van der Waals surface area (Å²) in [7, 11) is 3.20. The van der Waals surface area contributed by atoms with Gasteiger partial charge in [-0.2, -0.15) is 0 Å². The van der Waals surface area contributed by atoms with E-state index in [1.54, 1.807) is 23.8 Å². The molecule has 2 amide bonds. The number of carbonyl (C=O) groups is 2. The average molecular weight is 528 g/mol. The summed E-state index contributed by atoms with van der Waals surface area (Å²) in [6, 6.07) is 21.6. The van der Waals surface area contributed by atoms with Gasteiger partial charge in [0.25, 0.3) is 0 Å². The zero-order valence-electron chi connectivity index (χ0n) is 22.2. The predicted octanol–water partition coefficient (Wildman–Crippen LogP) is 4.28. The van der Waals surface area contributed by atoms with Gasteiger partial charge in [0.2, 0.25) is 11.8 Å². The molecule has 3 aromatic carbocycles. The van der Waals surface area contributed by atoms with Crippen molar-refractivity contribution in [2.24, 2.45) is 0 Å². The highest BCUT2D eigenvalue weighted by molar-refractivity contribution is 5.89. The number of ether oxygens (including phenoxy) is 2. The summed E-state index contributed by atoms with van der Waals surface area (Å²) in [5.41, 5.74) is 3.00.